The third-order valence-corrected chi connectivity index (χ3v) is 3.50. The highest BCUT2D eigenvalue weighted by Crippen LogP contribution is 2.35. The van der Waals surface area contributed by atoms with Crippen molar-refractivity contribution in [3.05, 3.63) is 73.6 Å². The van der Waals surface area contributed by atoms with Crippen LogP contribution in [0.1, 0.15) is 0 Å². The SMILES string of the molecule is c1ccc(-c2ncoc2-c2ncccc2-c2ccncn2)cc1. The lowest BCUT2D eigenvalue weighted by Crippen LogP contribution is -1.92. The van der Waals surface area contributed by atoms with Gasteiger partial charge in [0, 0.05) is 23.5 Å². The summed E-state index contributed by atoms with van der Waals surface area (Å²) >= 11 is 0. The van der Waals surface area contributed by atoms with Gasteiger partial charge in [-0.3, -0.25) is 4.98 Å². The average Bonchev–Trinajstić information content (AvgIpc) is 3.13. The molecule has 3 heterocycles. The van der Waals surface area contributed by atoms with Crippen LogP contribution in [0.3, 0.4) is 0 Å². The minimum Gasteiger partial charge on any atom is -0.441 e. The van der Waals surface area contributed by atoms with Crippen LogP contribution in [0.25, 0.3) is 34.0 Å². The Morgan fingerprint density at radius 2 is 1.65 bits per heavy atom. The molecule has 0 radical (unpaired) electrons. The van der Waals surface area contributed by atoms with E-state index >= 15 is 0 Å². The van der Waals surface area contributed by atoms with Crippen LogP contribution in [0.4, 0.5) is 0 Å². The average molecular weight is 300 g/mol. The van der Waals surface area contributed by atoms with Gasteiger partial charge in [-0.25, -0.2) is 15.0 Å². The number of aromatic nitrogens is 4. The topological polar surface area (TPSA) is 64.7 Å². The van der Waals surface area contributed by atoms with Crippen molar-refractivity contribution in [2.75, 3.05) is 0 Å². The van der Waals surface area contributed by atoms with Crippen LogP contribution in [-0.2, 0) is 0 Å². The van der Waals surface area contributed by atoms with Gasteiger partial charge < -0.3 is 4.42 Å². The second-order valence-electron chi connectivity index (χ2n) is 4.89. The van der Waals surface area contributed by atoms with Gasteiger partial charge >= 0.3 is 0 Å². The lowest BCUT2D eigenvalue weighted by Gasteiger charge is -2.07. The zero-order chi connectivity index (χ0) is 15.5. The standard InChI is InChI=1S/C18H12N4O/c1-2-5-13(6-3-1)16-18(23-12-22-16)17-14(7-4-9-20-17)15-8-10-19-11-21-15/h1-12H. The Morgan fingerprint density at radius 3 is 2.48 bits per heavy atom. The molecule has 4 rings (SSSR count). The highest BCUT2D eigenvalue weighted by molar-refractivity contribution is 5.83. The summed E-state index contributed by atoms with van der Waals surface area (Å²) in [5.41, 5.74) is 4.13. The van der Waals surface area contributed by atoms with Gasteiger partial charge in [0.25, 0.3) is 0 Å². The fourth-order valence-corrected chi connectivity index (χ4v) is 2.46. The molecule has 0 unspecified atom stereocenters. The largest absolute Gasteiger partial charge is 0.441 e. The van der Waals surface area contributed by atoms with Crippen LogP contribution in [-0.4, -0.2) is 19.9 Å². The van der Waals surface area contributed by atoms with Gasteiger partial charge in [-0.1, -0.05) is 30.3 Å². The molecule has 3 aromatic heterocycles. The molecule has 110 valence electrons. The number of hydrogen-bond donors (Lipinski definition) is 0. The molecule has 0 saturated heterocycles. The quantitative estimate of drug-likeness (QED) is 0.575. The highest BCUT2D eigenvalue weighted by atomic mass is 16.3. The first-order valence-electron chi connectivity index (χ1n) is 7.14. The first-order chi connectivity index (χ1) is 11.4. The van der Waals surface area contributed by atoms with E-state index in [1.165, 1.54) is 12.7 Å². The molecule has 5 heteroatoms. The monoisotopic (exact) mass is 300 g/mol. The summed E-state index contributed by atoms with van der Waals surface area (Å²) in [6.45, 7) is 0. The molecule has 0 atom stereocenters. The summed E-state index contributed by atoms with van der Waals surface area (Å²) in [4.78, 5) is 17.1. The van der Waals surface area contributed by atoms with E-state index in [4.69, 9.17) is 4.42 Å². The van der Waals surface area contributed by atoms with Crippen molar-refractivity contribution < 1.29 is 4.42 Å². The van der Waals surface area contributed by atoms with Crippen LogP contribution in [0.15, 0.2) is 78.1 Å². The van der Waals surface area contributed by atoms with E-state index in [0.717, 1.165) is 22.5 Å². The van der Waals surface area contributed by atoms with Crippen LogP contribution >= 0.6 is 0 Å². The Bertz CT molecular complexity index is 920. The second kappa shape index (κ2) is 5.81. The lowest BCUT2D eigenvalue weighted by atomic mass is 10.0. The second-order valence-corrected chi connectivity index (χ2v) is 4.89. The molecule has 0 fully saturated rings. The van der Waals surface area contributed by atoms with Crippen molar-refractivity contribution in [1.29, 1.82) is 0 Å². The third-order valence-electron chi connectivity index (χ3n) is 3.50. The molecule has 23 heavy (non-hydrogen) atoms. The van der Waals surface area contributed by atoms with Gasteiger partial charge in [-0.05, 0) is 18.2 Å². The summed E-state index contributed by atoms with van der Waals surface area (Å²) in [5, 5.41) is 0. The van der Waals surface area contributed by atoms with Gasteiger partial charge in [0.05, 0.1) is 5.69 Å². The van der Waals surface area contributed by atoms with Crippen molar-refractivity contribution in [3.8, 4) is 34.0 Å². The maximum atomic E-state index is 5.65. The Hall–Kier alpha value is -3.34. The number of hydrogen-bond acceptors (Lipinski definition) is 5. The molecule has 0 saturated carbocycles. The number of rotatable bonds is 3. The van der Waals surface area contributed by atoms with E-state index in [0.29, 0.717) is 11.5 Å². The molecule has 0 aliphatic carbocycles. The summed E-state index contributed by atoms with van der Waals surface area (Å²) < 4.78 is 5.65. The molecule has 1 aromatic carbocycles. The predicted molar refractivity (Wildman–Crippen MR) is 86.2 cm³/mol. The third kappa shape index (κ3) is 2.48. The summed E-state index contributed by atoms with van der Waals surface area (Å²) in [6.07, 6.45) is 6.40. The maximum absolute atomic E-state index is 5.65. The van der Waals surface area contributed by atoms with E-state index in [1.807, 2.05) is 48.5 Å². The molecule has 0 spiro atoms. The molecule has 0 bridgehead atoms. The summed E-state index contributed by atoms with van der Waals surface area (Å²) in [6, 6.07) is 15.6. The molecule has 0 N–H and O–H groups in total. The maximum Gasteiger partial charge on any atom is 0.182 e. The van der Waals surface area contributed by atoms with Gasteiger partial charge in [0.15, 0.2) is 12.2 Å². The smallest absolute Gasteiger partial charge is 0.182 e. The van der Waals surface area contributed by atoms with Crippen molar-refractivity contribution in [2.24, 2.45) is 0 Å². The zero-order valence-electron chi connectivity index (χ0n) is 12.1. The minimum absolute atomic E-state index is 0.630. The summed E-state index contributed by atoms with van der Waals surface area (Å²) in [7, 11) is 0. The lowest BCUT2D eigenvalue weighted by molar-refractivity contribution is 0.570. The van der Waals surface area contributed by atoms with E-state index in [1.54, 1.807) is 12.4 Å². The van der Waals surface area contributed by atoms with Crippen LogP contribution in [0.5, 0.6) is 0 Å². The first kappa shape index (κ1) is 13.3. The van der Waals surface area contributed by atoms with Crippen LogP contribution in [0.2, 0.25) is 0 Å². The first-order valence-corrected chi connectivity index (χ1v) is 7.14. The van der Waals surface area contributed by atoms with Gasteiger partial charge in [-0.15, -0.1) is 0 Å². The van der Waals surface area contributed by atoms with E-state index in [-0.39, 0.29) is 0 Å². The molecule has 4 aromatic rings. The number of benzene rings is 1. The fraction of sp³-hybridized carbons (Fsp3) is 0. The van der Waals surface area contributed by atoms with Gasteiger partial charge in [0.1, 0.15) is 17.7 Å². The van der Waals surface area contributed by atoms with E-state index in [9.17, 15) is 0 Å². The van der Waals surface area contributed by atoms with Crippen LogP contribution in [0, 0.1) is 0 Å². The predicted octanol–water partition coefficient (Wildman–Crippen LogP) is 3.86. The molecule has 5 nitrogen and oxygen atoms in total. The number of nitrogens with zero attached hydrogens (tertiary/aromatic N) is 4. The van der Waals surface area contributed by atoms with Crippen LogP contribution < -0.4 is 0 Å². The molecule has 0 aliphatic rings. The molecular formula is C18H12N4O. The van der Waals surface area contributed by atoms with Crippen molar-refractivity contribution in [2.45, 2.75) is 0 Å². The Labute approximate surface area is 132 Å². The van der Waals surface area contributed by atoms with Crippen molar-refractivity contribution in [3.63, 3.8) is 0 Å². The van der Waals surface area contributed by atoms with Gasteiger partial charge in [-0.2, -0.15) is 0 Å². The fourth-order valence-electron chi connectivity index (χ4n) is 2.46. The molecule has 0 aliphatic heterocycles. The zero-order valence-corrected chi connectivity index (χ0v) is 12.1. The van der Waals surface area contributed by atoms with Crippen molar-refractivity contribution in [1.82, 2.24) is 19.9 Å². The minimum atomic E-state index is 0.630. The Morgan fingerprint density at radius 1 is 0.739 bits per heavy atom. The number of oxazole rings is 1. The highest BCUT2D eigenvalue weighted by Gasteiger charge is 2.18. The Kier molecular flexibility index (Phi) is 3.37. The summed E-state index contributed by atoms with van der Waals surface area (Å²) in [5.74, 6) is 0.630. The normalized spacial score (nSPS) is 10.6. The number of pyridine rings is 1. The van der Waals surface area contributed by atoms with E-state index < -0.39 is 0 Å². The van der Waals surface area contributed by atoms with E-state index in [2.05, 4.69) is 19.9 Å². The van der Waals surface area contributed by atoms with Crippen molar-refractivity contribution >= 4 is 0 Å². The molecular weight excluding hydrogens is 288 g/mol. The van der Waals surface area contributed by atoms with Gasteiger partial charge in [0.2, 0.25) is 0 Å². The molecule has 0 amide bonds. The Balaban J connectivity index is 1.90.